The van der Waals surface area contributed by atoms with E-state index in [2.05, 4.69) is 4.99 Å². The highest BCUT2D eigenvalue weighted by Gasteiger charge is 2.09. The Balaban J connectivity index is 2.14. The Morgan fingerprint density at radius 2 is 1.95 bits per heavy atom. The minimum absolute atomic E-state index is 0.186. The molecule has 0 saturated carbocycles. The molecule has 2 aromatic carbocycles. The summed E-state index contributed by atoms with van der Waals surface area (Å²) in [6.07, 6.45) is 0. The second-order valence-corrected chi connectivity index (χ2v) is 5.68. The van der Waals surface area contributed by atoms with Gasteiger partial charge >= 0.3 is 0 Å². The van der Waals surface area contributed by atoms with Crippen LogP contribution in [-0.4, -0.2) is 10.5 Å². The van der Waals surface area contributed by atoms with Crippen LogP contribution in [-0.2, 0) is 6.54 Å². The number of carbonyl (C=O) groups is 1. The minimum atomic E-state index is -0.520. The zero-order valence-corrected chi connectivity index (χ0v) is 12.5. The molecule has 6 heteroatoms. The molecule has 0 atom stereocenters. The molecular formula is C16H12F2N2OS. The smallest absolute Gasteiger partial charge is 0.279 e. The van der Waals surface area contributed by atoms with Crippen LogP contribution in [0.3, 0.4) is 0 Å². The zero-order chi connectivity index (χ0) is 15.7. The van der Waals surface area contributed by atoms with Gasteiger partial charge in [0.15, 0.2) is 4.80 Å². The fourth-order valence-electron chi connectivity index (χ4n) is 2.21. The number of rotatable bonds is 2. The number of nitrogens with zero attached hydrogens (tertiary/aromatic N) is 2. The van der Waals surface area contributed by atoms with Crippen molar-refractivity contribution in [2.45, 2.75) is 13.5 Å². The molecular weight excluding hydrogens is 306 g/mol. The highest BCUT2D eigenvalue weighted by Crippen LogP contribution is 2.18. The molecule has 1 amide bonds. The summed E-state index contributed by atoms with van der Waals surface area (Å²) in [5, 5.41) is 0. The molecule has 3 aromatic rings. The van der Waals surface area contributed by atoms with Gasteiger partial charge in [-0.15, -0.1) is 0 Å². The number of benzene rings is 2. The Labute approximate surface area is 129 Å². The molecule has 0 N–H and O–H groups in total. The molecule has 0 fully saturated rings. The molecule has 112 valence electrons. The average Bonchev–Trinajstić information content (AvgIpc) is 2.83. The lowest BCUT2D eigenvalue weighted by Gasteiger charge is -2.00. The van der Waals surface area contributed by atoms with Crippen LogP contribution in [0, 0.1) is 11.6 Å². The van der Waals surface area contributed by atoms with Crippen molar-refractivity contribution >= 4 is 27.5 Å². The van der Waals surface area contributed by atoms with Crippen LogP contribution in [0.15, 0.2) is 47.5 Å². The van der Waals surface area contributed by atoms with Gasteiger partial charge in [0.1, 0.15) is 11.6 Å². The van der Waals surface area contributed by atoms with E-state index < -0.39 is 11.7 Å². The van der Waals surface area contributed by atoms with E-state index in [1.54, 1.807) is 6.07 Å². The second kappa shape index (κ2) is 5.81. The van der Waals surface area contributed by atoms with E-state index in [1.807, 2.05) is 11.5 Å². The number of hydrogen-bond donors (Lipinski definition) is 0. The van der Waals surface area contributed by atoms with Crippen molar-refractivity contribution < 1.29 is 13.6 Å². The number of carbonyl (C=O) groups excluding carboxylic acids is 1. The van der Waals surface area contributed by atoms with Gasteiger partial charge in [-0.25, -0.2) is 8.78 Å². The molecule has 0 aliphatic heterocycles. The van der Waals surface area contributed by atoms with Crippen molar-refractivity contribution in [1.29, 1.82) is 0 Å². The SMILES string of the molecule is CCn1c(=NC(=O)c2cccc(F)c2)sc2cc(F)ccc21. The van der Waals surface area contributed by atoms with Crippen LogP contribution < -0.4 is 4.80 Å². The maximum atomic E-state index is 13.3. The van der Waals surface area contributed by atoms with Crippen molar-refractivity contribution in [3.05, 3.63) is 64.5 Å². The monoisotopic (exact) mass is 318 g/mol. The fraction of sp³-hybridized carbons (Fsp3) is 0.125. The largest absolute Gasteiger partial charge is 0.317 e. The number of aromatic nitrogens is 1. The van der Waals surface area contributed by atoms with Gasteiger partial charge in [-0.05, 0) is 43.3 Å². The Kier molecular flexibility index (Phi) is 3.85. The van der Waals surface area contributed by atoms with Crippen molar-refractivity contribution in [1.82, 2.24) is 4.57 Å². The van der Waals surface area contributed by atoms with Crippen LogP contribution in [0.25, 0.3) is 10.2 Å². The highest BCUT2D eigenvalue weighted by atomic mass is 32.1. The average molecular weight is 318 g/mol. The van der Waals surface area contributed by atoms with Crippen LogP contribution >= 0.6 is 11.3 Å². The third-order valence-corrected chi connectivity index (χ3v) is 4.27. The number of fused-ring (bicyclic) bond motifs is 1. The van der Waals surface area contributed by atoms with Crippen molar-refractivity contribution in [2.75, 3.05) is 0 Å². The van der Waals surface area contributed by atoms with Gasteiger partial charge in [-0.2, -0.15) is 4.99 Å². The quantitative estimate of drug-likeness (QED) is 0.709. The molecule has 1 aromatic heterocycles. The van der Waals surface area contributed by atoms with Crippen LogP contribution in [0.1, 0.15) is 17.3 Å². The van der Waals surface area contributed by atoms with Gasteiger partial charge < -0.3 is 4.57 Å². The molecule has 22 heavy (non-hydrogen) atoms. The van der Waals surface area contributed by atoms with E-state index in [1.165, 1.54) is 41.7 Å². The minimum Gasteiger partial charge on any atom is -0.317 e. The van der Waals surface area contributed by atoms with E-state index in [-0.39, 0.29) is 11.4 Å². The lowest BCUT2D eigenvalue weighted by atomic mass is 10.2. The van der Waals surface area contributed by atoms with E-state index >= 15 is 0 Å². The zero-order valence-electron chi connectivity index (χ0n) is 11.7. The maximum absolute atomic E-state index is 13.3. The predicted molar refractivity (Wildman–Crippen MR) is 81.7 cm³/mol. The summed E-state index contributed by atoms with van der Waals surface area (Å²) in [4.78, 5) is 16.7. The summed E-state index contributed by atoms with van der Waals surface area (Å²) in [7, 11) is 0. The molecule has 0 radical (unpaired) electrons. The summed E-state index contributed by atoms with van der Waals surface area (Å²) < 4.78 is 29.0. The molecule has 0 spiro atoms. The van der Waals surface area contributed by atoms with Gasteiger partial charge in [0.25, 0.3) is 5.91 Å². The summed E-state index contributed by atoms with van der Waals surface area (Å²) in [5.41, 5.74) is 1.01. The molecule has 0 aliphatic carbocycles. The van der Waals surface area contributed by atoms with Crippen molar-refractivity contribution in [3.63, 3.8) is 0 Å². The van der Waals surface area contributed by atoms with Gasteiger partial charge in [-0.3, -0.25) is 4.79 Å². The molecule has 3 nitrogen and oxygen atoms in total. The highest BCUT2D eigenvalue weighted by molar-refractivity contribution is 7.16. The lowest BCUT2D eigenvalue weighted by Crippen LogP contribution is -2.15. The van der Waals surface area contributed by atoms with E-state index in [9.17, 15) is 13.6 Å². The van der Waals surface area contributed by atoms with Crippen LogP contribution in [0.2, 0.25) is 0 Å². The number of amides is 1. The molecule has 0 saturated heterocycles. The summed E-state index contributed by atoms with van der Waals surface area (Å²) in [5.74, 6) is -1.34. The van der Waals surface area contributed by atoms with Gasteiger partial charge in [-0.1, -0.05) is 17.4 Å². The van der Waals surface area contributed by atoms with Crippen LogP contribution in [0.5, 0.6) is 0 Å². The summed E-state index contributed by atoms with van der Waals surface area (Å²) in [6, 6.07) is 9.85. The first-order chi connectivity index (χ1) is 10.6. The predicted octanol–water partition coefficient (Wildman–Crippen LogP) is 3.74. The topological polar surface area (TPSA) is 34.4 Å². The Morgan fingerprint density at radius 3 is 2.68 bits per heavy atom. The standard InChI is InChI=1S/C16H12F2N2OS/c1-2-20-13-7-6-12(18)9-14(13)22-16(20)19-15(21)10-4-3-5-11(17)8-10/h3-9H,2H2,1H3. The van der Waals surface area contributed by atoms with Gasteiger partial charge in [0.05, 0.1) is 10.2 Å². The molecule has 1 heterocycles. The van der Waals surface area contributed by atoms with E-state index in [4.69, 9.17) is 0 Å². The summed E-state index contributed by atoms with van der Waals surface area (Å²) in [6.45, 7) is 2.52. The number of aryl methyl sites for hydroxylation is 1. The first kappa shape index (κ1) is 14.6. The Hall–Kier alpha value is -2.34. The molecule has 0 unspecified atom stereocenters. The third-order valence-electron chi connectivity index (χ3n) is 3.23. The molecule has 3 rings (SSSR count). The van der Waals surface area contributed by atoms with E-state index in [0.29, 0.717) is 16.0 Å². The Morgan fingerprint density at radius 1 is 1.18 bits per heavy atom. The van der Waals surface area contributed by atoms with Gasteiger partial charge in [0, 0.05) is 12.1 Å². The number of halogens is 2. The molecule has 0 bridgehead atoms. The van der Waals surface area contributed by atoms with Crippen molar-refractivity contribution in [2.24, 2.45) is 4.99 Å². The van der Waals surface area contributed by atoms with Crippen LogP contribution in [0.4, 0.5) is 8.78 Å². The second-order valence-electron chi connectivity index (χ2n) is 4.67. The normalized spacial score (nSPS) is 12.0. The van der Waals surface area contributed by atoms with E-state index in [0.717, 1.165) is 11.6 Å². The summed E-state index contributed by atoms with van der Waals surface area (Å²) >= 11 is 1.23. The molecule has 0 aliphatic rings. The first-order valence-corrected chi connectivity index (χ1v) is 7.53. The lowest BCUT2D eigenvalue weighted by molar-refractivity contribution is 0.0997. The maximum Gasteiger partial charge on any atom is 0.279 e. The number of thiazole rings is 1. The Bertz CT molecular complexity index is 927. The first-order valence-electron chi connectivity index (χ1n) is 6.72. The third kappa shape index (κ3) is 2.69. The number of hydrogen-bond acceptors (Lipinski definition) is 2. The van der Waals surface area contributed by atoms with Crippen molar-refractivity contribution in [3.8, 4) is 0 Å². The fourth-order valence-corrected chi connectivity index (χ4v) is 3.33. The van der Waals surface area contributed by atoms with Gasteiger partial charge in [0.2, 0.25) is 0 Å².